The van der Waals surface area contributed by atoms with Gasteiger partial charge in [-0.05, 0) is 30.7 Å². The average molecular weight is 405 g/mol. The van der Waals surface area contributed by atoms with Crippen LogP contribution in [0.1, 0.15) is 24.8 Å². The molecular formula is C20H25ClN4O3. The van der Waals surface area contributed by atoms with Crippen LogP contribution in [0.15, 0.2) is 47.6 Å². The van der Waals surface area contributed by atoms with Crippen LogP contribution in [0.25, 0.3) is 11.3 Å². The third kappa shape index (κ3) is 6.06. The van der Waals surface area contributed by atoms with E-state index in [9.17, 15) is 9.59 Å². The van der Waals surface area contributed by atoms with Crippen LogP contribution in [0.5, 0.6) is 0 Å². The summed E-state index contributed by atoms with van der Waals surface area (Å²) in [6, 6.07) is 11.3. The molecule has 1 heterocycles. The van der Waals surface area contributed by atoms with Gasteiger partial charge in [-0.2, -0.15) is 0 Å². The predicted octanol–water partition coefficient (Wildman–Crippen LogP) is 2.81. The fraction of sp³-hybridized carbons (Fsp3) is 0.300. The molecule has 0 radical (unpaired) electrons. The van der Waals surface area contributed by atoms with Crippen LogP contribution in [-0.2, 0) is 14.3 Å². The van der Waals surface area contributed by atoms with Gasteiger partial charge in [-0.15, -0.1) is 12.4 Å². The first-order chi connectivity index (χ1) is 13.0. The number of nitrogens with zero attached hydrogens (tertiary/aromatic N) is 3. The highest BCUT2D eigenvalue weighted by Gasteiger charge is 2.12. The molecule has 0 spiro atoms. The van der Waals surface area contributed by atoms with Crippen LogP contribution >= 0.6 is 12.4 Å². The number of hydrogen-bond acceptors (Lipinski definition) is 5. The SMILES string of the molecule is CN=C(N)c1ccc(-c2ccc(N(C)C(=O)CCCC(=O)OC)cc2)nc1.Cl. The number of halogens is 1. The molecule has 7 nitrogen and oxygen atoms in total. The van der Waals surface area contributed by atoms with Crippen LogP contribution in [0.2, 0.25) is 0 Å². The van der Waals surface area contributed by atoms with E-state index in [1.165, 1.54) is 7.11 Å². The van der Waals surface area contributed by atoms with E-state index < -0.39 is 0 Å². The van der Waals surface area contributed by atoms with Crippen molar-refractivity contribution in [2.24, 2.45) is 10.7 Å². The first-order valence-corrected chi connectivity index (χ1v) is 8.58. The molecule has 2 aromatic rings. The summed E-state index contributed by atoms with van der Waals surface area (Å²) in [5, 5.41) is 0. The number of carbonyl (C=O) groups is 2. The smallest absolute Gasteiger partial charge is 0.305 e. The lowest BCUT2D eigenvalue weighted by Crippen LogP contribution is -2.26. The molecule has 0 bridgehead atoms. The van der Waals surface area contributed by atoms with E-state index in [0.717, 1.165) is 22.5 Å². The Bertz CT molecular complexity index is 820. The summed E-state index contributed by atoms with van der Waals surface area (Å²) in [6.07, 6.45) is 2.68. The number of ether oxygens (including phenoxy) is 1. The van der Waals surface area contributed by atoms with Gasteiger partial charge in [0.25, 0.3) is 0 Å². The lowest BCUT2D eigenvalue weighted by Gasteiger charge is -2.17. The predicted molar refractivity (Wildman–Crippen MR) is 113 cm³/mol. The maximum atomic E-state index is 12.2. The van der Waals surface area contributed by atoms with E-state index in [0.29, 0.717) is 12.3 Å². The minimum Gasteiger partial charge on any atom is -0.469 e. The van der Waals surface area contributed by atoms with E-state index in [1.807, 2.05) is 36.4 Å². The fourth-order valence-electron chi connectivity index (χ4n) is 2.50. The summed E-state index contributed by atoms with van der Waals surface area (Å²) < 4.78 is 4.58. The molecule has 0 saturated carbocycles. The second kappa shape index (κ2) is 11.0. The van der Waals surface area contributed by atoms with E-state index in [2.05, 4.69) is 14.7 Å². The second-order valence-electron chi connectivity index (χ2n) is 5.97. The molecule has 150 valence electrons. The molecule has 0 unspecified atom stereocenters. The molecule has 0 aliphatic carbocycles. The first kappa shape index (κ1) is 23.1. The highest BCUT2D eigenvalue weighted by Crippen LogP contribution is 2.22. The van der Waals surface area contributed by atoms with Gasteiger partial charge in [0.1, 0.15) is 5.84 Å². The van der Waals surface area contributed by atoms with E-state index in [1.54, 1.807) is 25.2 Å². The number of methoxy groups -OCH3 is 1. The Morgan fingerprint density at radius 1 is 1.14 bits per heavy atom. The van der Waals surface area contributed by atoms with Crippen molar-refractivity contribution in [3.05, 3.63) is 48.2 Å². The molecule has 2 rings (SSSR count). The number of amidine groups is 1. The van der Waals surface area contributed by atoms with Crippen molar-refractivity contribution in [1.29, 1.82) is 0 Å². The van der Waals surface area contributed by atoms with E-state index in [4.69, 9.17) is 5.73 Å². The number of rotatable bonds is 7. The van der Waals surface area contributed by atoms with Crippen LogP contribution in [-0.4, -0.2) is 43.9 Å². The summed E-state index contributed by atoms with van der Waals surface area (Å²) in [4.78, 5) is 33.3. The number of hydrogen-bond donors (Lipinski definition) is 1. The second-order valence-corrected chi connectivity index (χ2v) is 5.97. The molecule has 0 aliphatic heterocycles. The number of pyridine rings is 1. The standard InChI is InChI=1S/C20H24N4O3.ClH/c1-22-20(21)15-9-12-17(23-13-15)14-7-10-16(11-8-14)24(2)18(25)5-4-6-19(26)27-3;/h7-13H,4-6H2,1-3H3,(H2,21,22);1H. The number of aromatic nitrogens is 1. The summed E-state index contributed by atoms with van der Waals surface area (Å²) in [5.41, 5.74) is 9.06. The van der Waals surface area contributed by atoms with Gasteiger partial charge >= 0.3 is 5.97 Å². The summed E-state index contributed by atoms with van der Waals surface area (Å²) >= 11 is 0. The van der Waals surface area contributed by atoms with Crippen LogP contribution < -0.4 is 10.6 Å². The third-order valence-corrected chi connectivity index (χ3v) is 4.22. The molecule has 2 N–H and O–H groups in total. The van der Waals surface area contributed by atoms with Crippen molar-refractivity contribution in [3.8, 4) is 11.3 Å². The maximum Gasteiger partial charge on any atom is 0.305 e. The van der Waals surface area contributed by atoms with Gasteiger partial charge in [-0.3, -0.25) is 19.6 Å². The van der Waals surface area contributed by atoms with Crippen molar-refractivity contribution in [1.82, 2.24) is 4.98 Å². The van der Waals surface area contributed by atoms with Gasteiger partial charge in [-0.1, -0.05) is 12.1 Å². The molecular weight excluding hydrogens is 380 g/mol. The van der Waals surface area contributed by atoms with Gasteiger partial charge in [0.2, 0.25) is 5.91 Å². The zero-order valence-electron chi connectivity index (χ0n) is 16.2. The minimum atomic E-state index is -0.305. The summed E-state index contributed by atoms with van der Waals surface area (Å²) in [5.74, 6) is 0.0838. The lowest BCUT2D eigenvalue weighted by atomic mass is 10.1. The molecule has 0 aliphatic rings. The van der Waals surface area contributed by atoms with E-state index >= 15 is 0 Å². The number of nitrogens with two attached hydrogens (primary N) is 1. The largest absolute Gasteiger partial charge is 0.469 e. The molecule has 0 atom stereocenters. The minimum absolute atomic E-state index is 0. The molecule has 28 heavy (non-hydrogen) atoms. The van der Waals surface area contributed by atoms with Crippen molar-refractivity contribution < 1.29 is 14.3 Å². The Morgan fingerprint density at radius 3 is 2.36 bits per heavy atom. The van der Waals surface area contributed by atoms with Crippen molar-refractivity contribution >= 4 is 35.8 Å². The Morgan fingerprint density at radius 2 is 1.82 bits per heavy atom. The molecule has 0 saturated heterocycles. The van der Waals surface area contributed by atoms with Gasteiger partial charge in [-0.25, -0.2) is 0 Å². The van der Waals surface area contributed by atoms with E-state index in [-0.39, 0.29) is 37.1 Å². The van der Waals surface area contributed by atoms with Gasteiger partial charge in [0.15, 0.2) is 0 Å². The number of aliphatic imine (C=N–C) groups is 1. The Kier molecular flexibility index (Phi) is 9.11. The maximum absolute atomic E-state index is 12.2. The monoisotopic (exact) mass is 404 g/mol. The van der Waals surface area contributed by atoms with Crippen molar-refractivity contribution in [3.63, 3.8) is 0 Å². The topological polar surface area (TPSA) is 97.9 Å². The van der Waals surface area contributed by atoms with Crippen LogP contribution in [0, 0.1) is 0 Å². The quantitative estimate of drug-likeness (QED) is 0.434. The zero-order valence-corrected chi connectivity index (χ0v) is 17.0. The molecule has 0 fully saturated rings. The average Bonchev–Trinajstić information content (AvgIpc) is 2.72. The van der Waals surface area contributed by atoms with Gasteiger partial charge < -0.3 is 15.4 Å². The molecule has 1 amide bonds. The van der Waals surface area contributed by atoms with Gasteiger partial charge in [0, 0.05) is 49.9 Å². The van der Waals surface area contributed by atoms with Crippen LogP contribution in [0.4, 0.5) is 5.69 Å². The zero-order chi connectivity index (χ0) is 19.8. The third-order valence-electron chi connectivity index (χ3n) is 4.22. The summed E-state index contributed by atoms with van der Waals surface area (Å²) in [6.45, 7) is 0. The molecule has 1 aromatic heterocycles. The van der Waals surface area contributed by atoms with Crippen molar-refractivity contribution in [2.75, 3.05) is 26.1 Å². The Balaban J connectivity index is 0.00000392. The number of anilines is 1. The fourth-order valence-corrected chi connectivity index (χ4v) is 2.50. The lowest BCUT2D eigenvalue weighted by molar-refractivity contribution is -0.140. The highest BCUT2D eigenvalue weighted by molar-refractivity contribution is 5.97. The molecule has 8 heteroatoms. The summed E-state index contributed by atoms with van der Waals surface area (Å²) in [7, 11) is 4.69. The number of benzene rings is 1. The van der Waals surface area contributed by atoms with Crippen LogP contribution in [0.3, 0.4) is 0 Å². The highest BCUT2D eigenvalue weighted by atomic mass is 35.5. The van der Waals surface area contributed by atoms with Gasteiger partial charge in [0.05, 0.1) is 12.8 Å². The van der Waals surface area contributed by atoms with Crippen molar-refractivity contribution in [2.45, 2.75) is 19.3 Å². The Hall–Kier alpha value is -2.93. The number of carbonyl (C=O) groups excluding carboxylic acids is 2. The number of esters is 1. The first-order valence-electron chi connectivity index (χ1n) is 8.58. The number of amides is 1. The Labute approximate surface area is 171 Å². The molecule has 1 aromatic carbocycles. The normalized spacial score (nSPS) is 10.8.